The molecule has 0 N–H and O–H groups in total. The van der Waals surface area contributed by atoms with Crippen LogP contribution in [0, 0.1) is 0 Å². The standard InChI is InChI=1S/C21H22N2O3/c1-3-13-22(14-4-2)19(24)15-9-11-16(12-10-15)23-20(25)17-7-5-6-8-18(17)21(23)26/h5-12H,3-4,13-14H2,1-2H3. The number of anilines is 1. The highest BCUT2D eigenvalue weighted by molar-refractivity contribution is 6.34. The molecule has 0 saturated carbocycles. The van der Waals surface area contributed by atoms with E-state index in [2.05, 4.69) is 0 Å². The molecule has 3 rings (SSSR count). The maximum Gasteiger partial charge on any atom is 0.266 e. The minimum atomic E-state index is -0.330. The Morgan fingerprint density at radius 3 is 1.81 bits per heavy atom. The molecular weight excluding hydrogens is 328 g/mol. The van der Waals surface area contributed by atoms with E-state index < -0.39 is 0 Å². The molecule has 5 heteroatoms. The Kier molecular flexibility index (Phi) is 5.16. The van der Waals surface area contributed by atoms with Crippen molar-refractivity contribution in [1.82, 2.24) is 4.90 Å². The molecule has 26 heavy (non-hydrogen) atoms. The Bertz CT molecular complexity index is 802. The first-order chi connectivity index (χ1) is 12.6. The van der Waals surface area contributed by atoms with E-state index in [4.69, 9.17) is 0 Å². The van der Waals surface area contributed by atoms with Gasteiger partial charge in [0.1, 0.15) is 0 Å². The third-order valence-electron chi connectivity index (χ3n) is 4.44. The highest BCUT2D eigenvalue weighted by Gasteiger charge is 2.36. The predicted octanol–water partition coefficient (Wildman–Crippen LogP) is 3.75. The number of carbonyl (C=O) groups is 3. The van der Waals surface area contributed by atoms with Gasteiger partial charge >= 0.3 is 0 Å². The Morgan fingerprint density at radius 1 is 0.846 bits per heavy atom. The van der Waals surface area contributed by atoms with Crippen molar-refractivity contribution in [2.45, 2.75) is 26.7 Å². The summed E-state index contributed by atoms with van der Waals surface area (Å²) in [4.78, 5) is 40.7. The molecule has 0 fully saturated rings. The third-order valence-corrected chi connectivity index (χ3v) is 4.44. The fourth-order valence-electron chi connectivity index (χ4n) is 3.21. The summed E-state index contributed by atoms with van der Waals surface area (Å²) in [5, 5.41) is 0. The third kappa shape index (κ3) is 3.12. The van der Waals surface area contributed by atoms with E-state index in [0.717, 1.165) is 17.7 Å². The molecule has 1 aliphatic heterocycles. The van der Waals surface area contributed by atoms with Gasteiger partial charge in [-0.25, -0.2) is 4.90 Å². The van der Waals surface area contributed by atoms with Gasteiger partial charge in [-0.2, -0.15) is 0 Å². The van der Waals surface area contributed by atoms with E-state index in [1.54, 1.807) is 48.5 Å². The normalized spacial score (nSPS) is 13.1. The fraction of sp³-hybridized carbons (Fsp3) is 0.286. The molecule has 0 radical (unpaired) electrons. The summed E-state index contributed by atoms with van der Waals surface area (Å²) in [6, 6.07) is 13.5. The molecule has 2 aromatic carbocycles. The second-order valence-corrected chi connectivity index (χ2v) is 6.33. The topological polar surface area (TPSA) is 57.7 Å². The quantitative estimate of drug-likeness (QED) is 0.746. The second kappa shape index (κ2) is 7.52. The van der Waals surface area contributed by atoms with Crippen molar-refractivity contribution in [3.8, 4) is 0 Å². The van der Waals surface area contributed by atoms with Gasteiger partial charge in [-0.3, -0.25) is 14.4 Å². The van der Waals surface area contributed by atoms with Crippen molar-refractivity contribution in [3.63, 3.8) is 0 Å². The van der Waals surface area contributed by atoms with Gasteiger partial charge < -0.3 is 4.90 Å². The lowest BCUT2D eigenvalue weighted by molar-refractivity contribution is 0.0755. The van der Waals surface area contributed by atoms with Crippen molar-refractivity contribution < 1.29 is 14.4 Å². The van der Waals surface area contributed by atoms with E-state index in [-0.39, 0.29) is 17.7 Å². The molecule has 0 aliphatic carbocycles. The van der Waals surface area contributed by atoms with E-state index in [1.807, 2.05) is 18.7 Å². The Balaban J connectivity index is 1.83. The van der Waals surface area contributed by atoms with Crippen LogP contribution in [0.2, 0.25) is 0 Å². The van der Waals surface area contributed by atoms with Gasteiger partial charge in [0, 0.05) is 18.7 Å². The summed E-state index contributed by atoms with van der Waals surface area (Å²) in [6.45, 7) is 5.52. The number of nitrogens with zero attached hydrogens (tertiary/aromatic N) is 2. The van der Waals surface area contributed by atoms with Crippen LogP contribution in [0.4, 0.5) is 5.69 Å². The fourth-order valence-corrected chi connectivity index (χ4v) is 3.21. The summed E-state index contributed by atoms with van der Waals surface area (Å²) in [5.74, 6) is -0.686. The molecule has 0 saturated heterocycles. The van der Waals surface area contributed by atoms with E-state index in [9.17, 15) is 14.4 Å². The zero-order valence-electron chi connectivity index (χ0n) is 15.1. The molecule has 1 heterocycles. The average Bonchev–Trinajstić information content (AvgIpc) is 2.92. The molecular formula is C21H22N2O3. The summed E-state index contributed by atoms with van der Waals surface area (Å²) in [5.41, 5.74) is 1.86. The average molecular weight is 350 g/mol. The molecule has 5 nitrogen and oxygen atoms in total. The minimum absolute atomic E-state index is 0.0254. The number of rotatable bonds is 6. The van der Waals surface area contributed by atoms with Crippen LogP contribution in [0.5, 0.6) is 0 Å². The molecule has 1 aliphatic rings. The summed E-state index contributed by atoms with van der Waals surface area (Å²) in [7, 11) is 0. The van der Waals surface area contributed by atoms with Crippen molar-refractivity contribution in [2.75, 3.05) is 18.0 Å². The predicted molar refractivity (Wildman–Crippen MR) is 101 cm³/mol. The van der Waals surface area contributed by atoms with Crippen molar-refractivity contribution in [2.24, 2.45) is 0 Å². The van der Waals surface area contributed by atoms with Crippen LogP contribution in [-0.4, -0.2) is 35.7 Å². The summed E-state index contributed by atoms with van der Waals surface area (Å²) in [6.07, 6.45) is 1.80. The van der Waals surface area contributed by atoms with Gasteiger partial charge in [-0.1, -0.05) is 26.0 Å². The first-order valence-corrected chi connectivity index (χ1v) is 8.95. The van der Waals surface area contributed by atoms with Gasteiger partial charge in [0.15, 0.2) is 0 Å². The number of hydrogen-bond donors (Lipinski definition) is 0. The van der Waals surface area contributed by atoms with Gasteiger partial charge in [0.25, 0.3) is 17.7 Å². The maximum atomic E-state index is 12.6. The lowest BCUT2D eigenvalue weighted by atomic mass is 10.1. The van der Waals surface area contributed by atoms with Crippen molar-refractivity contribution >= 4 is 23.4 Å². The largest absolute Gasteiger partial charge is 0.339 e. The summed E-state index contributed by atoms with van der Waals surface area (Å²) >= 11 is 0. The Hall–Kier alpha value is -2.95. The Labute approximate surface area is 153 Å². The van der Waals surface area contributed by atoms with Crippen molar-refractivity contribution in [3.05, 3.63) is 65.2 Å². The zero-order chi connectivity index (χ0) is 18.7. The van der Waals surface area contributed by atoms with E-state index in [1.165, 1.54) is 0 Å². The lowest BCUT2D eigenvalue weighted by Gasteiger charge is -2.22. The second-order valence-electron chi connectivity index (χ2n) is 6.33. The molecule has 0 bridgehead atoms. The van der Waals surface area contributed by atoms with Crippen LogP contribution < -0.4 is 4.90 Å². The number of hydrogen-bond acceptors (Lipinski definition) is 3. The number of fused-ring (bicyclic) bond motifs is 1. The molecule has 0 aromatic heterocycles. The molecule has 0 atom stereocenters. The number of benzene rings is 2. The van der Waals surface area contributed by atoms with Crippen LogP contribution in [0.1, 0.15) is 57.8 Å². The van der Waals surface area contributed by atoms with E-state index >= 15 is 0 Å². The molecule has 134 valence electrons. The van der Waals surface area contributed by atoms with E-state index in [0.29, 0.717) is 35.5 Å². The number of carbonyl (C=O) groups excluding carboxylic acids is 3. The Morgan fingerprint density at radius 2 is 1.35 bits per heavy atom. The van der Waals surface area contributed by atoms with Crippen LogP contribution in [-0.2, 0) is 0 Å². The van der Waals surface area contributed by atoms with Gasteiger partial charge in [0.2, 0.25) is 0 Å². The highest BCUT2D eigenvalue weighted by atomic mass is 16.2. The molecule has 0 unspecified atom stereocenters. The first kappa shape index (κ1) is 17.9. The van der Waals surface area contributed by atoms with Gasteiger partial charge in [-0.05, 0) is 49.2 Å². The number of imide groups is 1. The van der Waals surface area contributed by atoms with Crippen LogP contribution in [0.15, 0.2) is 48.5 Å². The zero-order valence-corrected chi connectivity index (χ0v) is 15.1. The monoisotopic (exact) mass is 350 g/mol. The van der Waals surface area contributed by atoms with Crippen LogP contribution in [0.25, 0.3) is 0 Å². The molecule has 2 aromatic rings. The van der Waals surface area contributed by atoms with Gasteiger partial charge in [0.05, 0.1) is 16.8 Å². The first-order valence-electron chi connectivity index (χ1n) is 8.95. The smallest absolute Gasteiger partial charge is 0.266 e. The van der Waals surface area contributed by atoms with Gasteiger partial charge in [-0.15, -0.1) is 0 Å². The SMILES string of the molecule is CCCN(CCC)C(=O)c1ccc(N2C(=O)c3ccccc3C2=O)cc1. The van der Waals surface area contributed by atoms with Crippen LogP contribution >= 0.6 is 0 Å². The molecule has 0 spiro atoms. The minimum Gasteiger partial charge on any atom is -0.339 e. The highest BCUT2D eigenvalue weighted by Crippen LogP contribution is 2.28. The number of amides is 3. The van der Waals surface area contributed by atoms with Crippen molar-refractivity contribution in [1.29, 1.82) is 0 Å². The maximum absolute atomic E-state index is 12.6. The molecule has 3 amide bonds. The van der Waals surface area contributed by atoms with Crippen LogP contribution in [0.3, 0.4) is 0 Å². The summed E-state index contributed by atoms with van der Waals surface area (Å²) < 4.78 is 0. The lowest BCUT2D eigenvalue weighted by Crippen LogP contribution is -2.32.